The van der Waals surface area contributed by atoms with E-state index in [0.717, 1.165) is 0 Å². The van der Waals surface area contributed by atoms with Gasteiger partial charge in [-0.25, -0.2) is 4.99 Å². The first-order valence-corrected chi connectivity index (χ1v) is 10.1. The van der Waals surface area contributed by atoms with E-state index in [-0.39, 0.29) is 52.7 Å². The Labute approximate surface area is 177 Å². The van der Waals surface area contributed by atoms with E-state index in [1.54, 1.807) is 0 Å². The molecule has 4 heterocycles. The first-order chi connectivity index (χ1) is 11.3. The summed E-state index contributed by atoms with van der Waals surface area (Å²) < 4.78 is 16.0. The van der Waals surface area contributed by atoms with Crippen molar-refractivity contribution in [3.63, 3.8) is 0 Å². The molecule has 2 unspecified atom stereocenters. The fraction of sp³-hybridized carbons (Fsp3) is 0.600. The number of hydrogen-bond acceptors (Lipinski definition) is 11. The van der Waals surface area contributed by atoms with Gasteiger partial charge in [0.15, 0.2) is 22.9 Å². The normalized spacial score (nSPS) is 42.8. The quantitative estimate of drug-likeness (QED) is 0.221. The first kappa shape index (κ1) is 20.0. The summed E-state index contributed by atoms with van der Waals surface area (Å²) >= 11 is 7.90. The molecule has 130 valence electrons. The van der Waals surface area contributed by atoms with Crippen LogP contribution < -0.4 is 40.2 Å². The van der Waals surface area contributed by atoms with Gasteiger partial charge in [-0.2, -0.15) is 9.98 Å². The fourth-order valence-electron chi connectivity index (χ4n) is 2.83. The SMILES string of the molecule is NC1=NC(=O)C2N=C(Br)N([C@@H]3O[C@@H]4COP([O-])(=S)O[C@H]4[C@H]3O)C2=N1.[Na+]. The van der Waals surface area contributed by atoms with Gasteiger partial charge in [0.05, 0.1) is 6.61 Å². The predicted molar refractivity (Wildman–Crippen MR) is 85.8 cm³/mol. The molecule has 0 radical (unpaired) electrons. The van der Waals surface area contributed by atoms with Crippen LogP contribution in [0.15, 0.2) is 15.0 Å². The number of carbonyl (C=O) groups is 1. The van der Waals surface area contributed by atoms with Gasteiger partial charge in [0.2, 0.25) is 5.96 Å². The Hall–Kier alpha value is 0.210. The molecule has 0 saturated carbocycles. The fourth-order valence-corrected chi connectivity index (χ4v) is 4.84. The van der Waals surface area contributed by atoms with E-state index >= 15 is 0 Å². The molecule has 2 saturated heterocycles. The molecule has 4 rings (SSSR count). The molecule has 15 heteroatoms. The molecule has 3 N–H and O–H groups in total. The Morgan fingerprint density at radius 2 is 2.20 bits per heavy atom. The van der Waals surface area contributed by atoms with Crippen molar-refractivity contribution in [2.45, 2.75) is 30.6 Å². The maximum absolute atomic E-state index is 11.9. The van der Waals surface area contributed by atoms with Gasteiger partial charge in [0.1, 0.15) is 25.0 Å². The van der Waals surface area contributed by atoms with E-state index in [0.29, 0.717) is 0 Å². The van der Waals surface area contributed by atoms with Crippen molar-refractivity contribution in [3.05, 3.63) is 0 Å². The second kappa shape index (κ2) is 6.99. The monoisotopic (exact) mass is 461 g/mol. The number of carbonyl (C=O) groups excluding carboxylic acids is 1. The minimum atomic E-state index is -3.66. The topological polar surface area (TPSA) is 154 Å². The molecule has 4 aliphatic rings. The Morgan fingerprint density at radius 3 is 2.92 bits per heavy atom. The Morgan fingerprint density at radius 1 is 1.48 bits per heavy atom. The van der Waals surface area contributed by atoms with Crippen LogP contribution in [0.25, 0.3) is 0 Å². The molecular formula is C10H10BrN5NaO6PS. The number of guanidine groups is 1. The zero-order chi connectivity index (χ0) is 17.2. The largest absolute Gasteiger partial charge is 1.00 e. The smallest absolute Gasteiger partial charge is 0.780 e. The molecule has 2 fully saturated rings. The van der Waals surface area contributed by atoms with E-state index in [2.05, 4.69) is 42.7 Å². The van der Waals surface area contributed by atoms with Gasteiger partial charge in [-0.1, -0.05) is 11.8 Å². The molecule has 0 aromatic heterocycles. The average Bonchev–Trinajstić information content (AvgIpc) is 2.96. The number of nitrogens with two attached hydrogens (primary N) is 1. The van der Waals surface area contributed by atoms with Crippen LogP contribution in [0.1, 0.15) is 0 Å². The van der Waals surface area contributed by atoms with Gasteiger partial charge in [0, 0.05) is 0 Å². The number of aliphatic hydroxyl groups excluding tert-OH is 1. The molecule has 0 bridgehead atoms. The van der Waals surface area contributed by atoms with E-state index < -0.39 is 43.2 Å². The zero-order valence-electron chi connectivity index (χ0n) is 12.7. The molecule has 0 aromatic rings. The molecule has 11 nitrogen and oxygen atoms in total. The third-order valence-corrected chi connectivity index (χ3v) is 5.95. The van der Waals surface area contributed by atoms with Crippen LogP contribution in [0.4, 0.5) is 0 Å². The Bertz CT molecular complexity index is 766. The van der Waals surface area contributed by atoms with Crippen molar-refractivity contribution >= 4 is 56.9 Å². The molecule has 6 atom stereocenters. The molecule has 25 heavy (non-hydrogen) atoms. The van der Waals surface area contributed by atoms with Crippen LogP contribution in [-0.4, -0.2) is 69.6 Å². The molecular weight excluding hydrogens is 452 g/mol. The number of ether oxygens (including phenoxy) is 1. The molecule has 4 aliphatic heterocycles. The van der Waals surface area contributed by atoms with Gasteiger partial charge in [-0.15, -0.1) is 0 Å². The van der Waals surface area contributed by atoms with Crippen molar-refractivity contribution < 1.29 is 58.1 Å². The van der Waals surface area contributed by atoms with Gasteiger partial charge in [-0.3, -0.25) is 9.69 Å². The summed E-state index contributed by atoms with van der Waals surface area (Å²) in [6.07, 6.45) is -3.84. The zero-order valence-corrected chi connectivity index (χ0v) is 18.0. The standard InChI is InChI=1S/C10H11BrN5O6PS.Na/c11-9-13-3-6(14-10(12)15-7(3)18)16(9)8-4(17)5-2(21-8)1-20-23(19,24)22-5;/h2-5,8,17H,1H2,(H,19,24)(H2,12,15,18);/q;+1/p-1/t2-,3?,4-,5-,8-,23?;/m1./s1. The summed E-state index contributed by atoms with van der Waals surface area (Å²) in [6.45, 7) is -3.74. The van der Waals surface area contributed by atoms with Crippen LogP contribution in [0.3, 0.4) is 0 Å². The second-order valence-electron chi connectivity index (χ2n) is 5.32. The Balaban J connectivity index is 0.00000182. The van der Waals surface area contributed by atoms with Crippen molar-refractivity contribution in [1.82, 2.24) is 4.90 Å². The van der Waals surface area contributed by atoms with Crippen LogP contribution in [0.2, 0.25) is 0 Å². The summed E-state index contributed by atoms with van der Waals surface area (Å²) in [6, 6.07) is -0.965. The molecule has 1 amide bonds. The molecule has 0 aromatic carbocycles. The van der Waals surface area contributed by atoms with Crippen LogP contribution in [-0.2, 0) is 30.4 Å². The third kappa shape index (κ3) is 3.41. The van der Waals surface area contributed by atoms with Crippen LogP contribution in [0.5, 0.6) is 0 Å². The Kier molecular flexibility index (Phi) is 5.58. The number of fused-ring (bicyclic) bond motifs is 2. The summed E-state index contributed by atoms with van der Waals surface area (Å²) in [7, 11) is 0. The van der Waals surface area contributed by atoms with Crippen molar-refractivity contribution in [3.8, 4) is 0 Å². The minimum absolute atomic E-state index is 0. The van der Waals surface area contributed by atoms with Gasteiger partial charge in [0.25, 0.3) is 5.91 Å². The number of amidine groups is 2. The average molecular weight is 462 g/mol. The summed E-state index contributed by atoms with van der Waals surface area (Å²) in [4.78, 5) is 36.7. The maximum atomic E-state index is 11.9. The first-order valence-electron chi connectivity index (χ1n) is 6.73. The van der Waals surface area contributed by atoms with E-state index in [4.69, 9.17) is 19.5 Å². The number of aliphatic hydroxyl groups is 1. The maximum Gasteiger partial charge on any atom is 1.00 e. The van der Waals surface area contributed by atoms with Crippen LogP contribution >= 0.6 is 22.6 Å². The number of rotatable bonds is 1. The number of halogens is 1. The number of nitrogens with zero attached hydrogens (tertiary/aromatic N) is 4. The second-order valence-corrected chi connectivity index (χ2v) is 8.73. The van der Waals surface area contributed by atoms with E-state index in [1.165, 1.54) is 4.90 Å². The summed E-state index contributed by atoms with van der Waals surface area (Å²) in [5.41, 5.74) is 5.52. The van der Waals surface area contributed by atoms with E-state index in [1.807, 2.05) is 0 Å². The summed E-state index contributed by atoms with van der Waals surface area (Å²) in [5.74, 6) is -0.616. The van der Waals surface area contributed by atoms with Crippen molar-refractivity contribution in [1.29, 1.82) is 0 Å². The van der Waals surface area contributed by atoms with Crippen LogP contribution in [0, 0.1) is 0 Å². The van der Waals surface area contributed by atoms with E-state index in [9.17, 15) is 14.8 Å². The molecule has 0 spiro atoms. The van der Waals surface area contributed by atoms with Gasteiger partial charge >= 0.3 is 29.6 Å². The predicted octanol–water partition coefficient (Wildman–Crippen LogP) is -5.24. The summed E-state index contributed by atoms with van der Waals surface area (Å²) in [5, 5.41) is 10.5. The number of aliphatic imine (C=N–C) groups is 3. The molecule has 0 aliphatic carbocycles. The number of hydrogen-bond donors (Lipinski definition) is 2. The van der Waals surface area contributed by atoms with Crippen molar-refractivity contribution in [2.24, 2.45) is 20.7 Å². The van der Waals surface area contributed by atoms with Gasteiger partial charge < -0.3 is 29.5 Å². The number of amides is 1. The van der Waals surface area contributed by atoms with Gasteiger partial charge in [-0.05, 0) is 15.9 Å². The third-order valence-electron chi connectivity index (χ3n) is 3.83. The van der Waals surface area contributed by atoms with Crippen molar-refractivity contribution in [2.75, 3.05) is 6.61 Å². The minimum Gasteiger partial charge on any atom is -0.780 e.